The Labute approximate surface area is 237 Å². The Balaban J connectivity index is 1.24. The third-order valence-electron chi connectivity index (χ3n) is 7.55. The van der Waals surface area contributed by atoms with Crippen LogP contribution in [0.2, 0.25) is 0 Å². The Kier molecular flexibility index (Phi) is 6.96. The molecule has 0 atom stereocenters. The highest BCUT2D eigenvalue weighted by Crippen LogP contribution is 2.36. The Morgan fingerprint density at radius 3 is 2.63 bits per heavy atom. The van der Waals surface area contributed by atoms with Gasteiger partial charge < -0.3 is 24.3 Å². The molecule has 208 valence electrons. The number of nitrogens with zero attached hydrogens (tertiary/aromatic N) is 6. The standard InChI is InChI=1S/C31H31N7O3/c1-5-28(39)38-12-10-20(11-13-38)29-27(40-4)16-24-30(36-29)31(33-17-32-24)35-21-6-9-26(19(2)14-21)41-22-7-8-25-23(15-22)34-18-37(25)3/h5-9,14-18,20H,1,10-13H2,2-4H3,(H,32,33,35). The second-order valence-corrected chi connectivity index (χ2v) is 10.2. The smallest absolute Gasteiger partial charge is 0.245 e. The van der Waals surface area contributed by atoms with Crippen LogP contribution in [0.4, 0.5) is 11.5 Å². The van der Waals surface area contributed by atoms with Gasteiger partial charge in [0.2, 0.25) is 5.91 Å². The van der Waals surface area contributed by atoms with E-state index in [2.05, 4.69) is 26.8 Å². The molecule has 0 bridgehead atoms. The number of hydrogen-bond acceptors (Lipinski definition) is 8. The zero-order chi connectivity index (χ0) is 28.5. The van der Waals surface area contributed by atoms with Crippen molar-refractivity contribution in [2.75, 3.05) is 25.5 Å². The monoisotopic (exact) mass is 549 g/mol. The fourth-order valence-corrected chi connectivity index (χ4v) is 5.32. The maximum absolute atomic E-state index is 12.0. The number of rotatable bonds is 7. The van der Waals surface area contributed by atoms with Gasteiger partial charge in [-0.1, -0.05) is 6.58 Å². The van der Waals surface area contributed by atoms with Crippen LogP contribution < -0.4 is 14.8 Å². The average Bonchev–Trinajstić information content (AvgIpc) is 3.37. The normalized spacial score (nSPS) is 13.9. The van der Waals surface area contributed by atoms with Crippen LogP contribution in [0.25, 0.3) is 22.1 Å². The number of imidazole rings is 1. The summed E-state index contributed by atoms with van der Waals surface area (Å²) in [6, 6.07) is 13.7. The number of anilines is 2. The van der Waals surface area contributed by atoms with E-state index in [1.807, 2.05) is 65.9 Å². The molecule has 0 spiro atoms. The lowest BCUT2D eigenvalue weighted by Crippen LogP contribution is -2.37. The molecule has 1 aliphatic heterocycles. The number of piperidine rings is 1. The molecule has 1 saturated heterocycles. The molecular formula is C31H31N7O3. The summed E-state index contributed by atoms with van der Waals surface area (Å²) >= 11 is 0. The number of carbonyl (C=O) groups is 1. The molecule has 0 unspecified atom stereocenters. The van der Waals surface area contributed by atoms with Gasteiger partial charge in [-0.2, -0.15) is 0 Å². The minimum atomic E-state index is -0.0391. The van der Waals surface area contributed by atoms with Crippen LogP contribution in [0.3, 0.4) is 0 Å². The van der Waals surface area contributed by atoms with Crippen LogP contribution in [0, 0.1) is 6.92 Å². The number of ether oxygens (including phenoxy) is 2. The molecule has 1 aliphatic rings. The predicted molar refractivity (Wildman–Crippen MR) is 158 cm³/mol. The molecule has 1 fully saturated rings. The predicted octanol–water partition coefficient (Wildman–Crippen LogP) is 5.66. The lowest BCUT2D eigenvalue weighted by atomic mass is 9.92. The summed E-state index contributed by atoms with van der Waals surface area (Å²) in [6.45, 7) is 6.91. The number of benzene rings is 2. The van der Waals surface area contributed by atoms with Crippen molar-refractivity contribution in [2.24, 2.45) is 7.05 Å². The molecule has 6 rings (SSSR count). The second kappa shape index (κ2) is 10.9. The lowest BCUT2D eigenvalue weighted by molar-refractivity contribution is -0.127. The number of fused-ring (bicyclic) bond motifs is 2. The third kappa shape index (κ3) is 5.16. The summed E-state index contributed by atoms with van der Waals surface area (Å²) in [4.78, 5) is 32.2. The van der Waals surface area contributed by atoms with Crippen molar-refractivity contribution in [3.05, 3.63) is 79.0 Å². The number of methoxy groups -OCH3 is 1. The van der Waals surface area contributed by atoms with Crippen LogP contribution in [0.5, 0.6) is 17.2 Å². The van der Waals surface area contributed by atoms with E-state index in [4.69, 9.17) is 14.5 Å². The number of aryl methyl sites for hydroxylation is 2. The van der Waals surface area contributed by atoms with Gasteiger partial charge in [-0.05, 0) is 61.7 Å². The quantitative estimate of drug-likeness (QED) is 0.259. The number of nitrogens with one attached hydrogen (secondary N) is 1. The van der Waals surface area contributed by atoms with Gasteiger partial charge in [0.05, 0.1) is 35.7 Å². The Bertz CT molecular complexity index is 1770. The van der Waals surface area contributed by atoms with E-state index in [0.29, 0.717) is 35.7 Å². The number of amides is 1. The fraction of sp³-hybridized carbons (Fsp3) is 0.258. The highest BCUT2D eigenvalue weighted by molar-refractivity contribution is 5.88. The molecule has 2 aromatic carbocycles. The molecule has 0 saturated carbocycles. The van der Waals surface area contributed by atoms with Gasteiger partial charge in [-0.25, -0.2) is 19.9 Å². The molecule has 4 heterocycles. The first-order chi connectivity index (χ1) is 19.9. The Morgan fingerprint density at radius 1 is 1.05 bits per heavy atom. The zero-order valence-electron chi connectivity index (χ0n) is 23.3. The zero-order valence-corrected chi connectivity index (χ0v) is 23.3. The minimum absolute atomic E-state index is 0.0391. The second-order valence-electron chi connectivity index (χ2n) is 10.2. The lowest BCUT2D eigenvalue weighted by Gasteiger charge is -2.31. The highest BCUT2D eigenvalue weighted by Gasteiger charge is 2.27. The van der Waals surface area contributed by atoms with Gasteiger partial charge >= 0.3 is 0 Å². The van der Waals surface area contributed by atoms with E-state index < -0.39 is 0 Å². The van der Waals surface area contributed by atoms with Crippen molar-refractivity contribution in [1.29, 1.82) is 0 Å². The third-order valence-corrected chi connectivity index (χ3v) is 7.55. The van der Waals surface area contributed by atoms with Crippen LogP contribution in [-0.4, -0.2) is 55.5 Å². The van der Waals surface area contributed by atoms with Crippen LogP contribution in [0.15, 0.2) is 67.8 Å². The molecule has 10 nitrogen and oxygen atoms in total. The summed E-state index contributed by atoms with van der Waals surface area (Å²) in [6.07, 6.45) is 6.26. The van der Waals surface area contributed by atoms with E-state index in [9.17, 15) is 4.79 Å². The number of aromatic nitrogens is 5. The van der Waals surface area contributed by atoms with Gasteiger partial charge in [-0.15, -0.1) is 0 Å². The maximum atomic E-state index is 12.0. The number of likely N-dealkylation sites (tertiary alicyclic amines) is 1. The van der Waals surface area contributed by atoms with E-state index in [0.717, 1.165) is 52.3 Å². The maximum Gasteiger partial charge on any atom is 0.245 e. The van der Waals surface area contributed by atoms with Crippen molar-refractivity contribution in [1.82, 2.24) is 29.4 Å². The van der Waals surface area contributed by atoms with Gasteiger partial charge in [0.15, 0.2) is 5.82 Å². The van der Waals surface area contributed by atoms with Crippen molar-refractivity contribution in [3.8, 4) is 17.2 Å². The molecule has 10 heteroatoms. The summed E-state index contributed by atoms with van der Waals surface area (Å²) in [5, 5.41) is 3.42. The van der Waals surface area contributed by atoms with Gasteiger partial charge in [-0.3, -0.25) is 4.79 Å². The average molecular weight is 550 g/mol. The summed E-state index contributed by atoms with van der Waals surface area (Å²) in [5.74, 6) is 2.89. The van der Waals surface area contributed by atoms with Crippen molar-refractivity contribution >= 4 is 39.5 Å². The Morgan fingerprint density at radius 2 is 1.88 bits per heavy atom. The minimum Gasteiger partial charge on any atom is -0.495 e. The highest BCUT2D eigenvalue weighted by atomic mass is 16.5. The van der Waals surface area contributed by atoms with Crippen molar-refractivity contribution in [3.63, 3.8) is 0 Å². The van der Waals surface area contributed by atoms with Crippen molar-refractivity contribution in [2.45, 2.75) is 25.7 Å². The largest absolute Gasteiger partial charge is 0.495 e. The number of hydrogen-bond donors (Lipinski definition) is 1. The van der Waals surface area contributed by atoms with Crippen molar-refractivity contribution < 1.29 is 14.3 Å². The SMILES string of the molecule is C=CC(=O)N1CCC(c2nc3c(Nc4ccc(Oc5ccc6c(c5)ncn6C)c(C)c4)ncnc3cc2OC)CC1. The fourth-order valence-electron chi connectivity index (χ4n) is 5.32. The van der Waals surface area contributed by atoms with Crippen LogP contribution in [-0.2, 0) is 11.8 Å². The van der Waals surface area contributed by atoms with E-state index >= 15 is 0 Å². The van der Waals surface area contributed by atoms with Gasteiger partial charge in [0.25, 0.3) is 0 Å². The van der Waals surface area contributed by atoms with Gasteiger partial charge in [0.1, 0.15) is 29.1 Å². The molecule has 0 radical (unpaired) electrons. The number of pyridine rings is 1. The molecule has 0 aliphatic carbocycles. The van der Waals surface area contributed by atoms with Crippen LogP contribution in [0.1, 0.15) is 30.0 Å². The molecular weight excluding hydrogens is 518 g/mol. The molecule has 41 heavy (non-hydrogen) atoms. The molecule has 1 N–H and O–H groups in total. The first-order valence-electron chi connectivity index (χ1n) is 13.5. The first-order valence-corrected chi connectivity index (χ1v) is 13.5. The summed E-state index contributed by atoms with van der Waals surface area (Å²) in [7, 11) is 3.61. The van der Waals surface area contributed by atoms with Crippen LogP contribution >= 0.6 is 0 Å². The molecule has 3 aromatic heterocycles. The van der Waals surface area contributed by atoms with E-state index in [1.165, 1.54) is 12.4 Å². The summed E-state index contributed by atoms with van der Waals surface area (Å²) in [5.41, 5.74) is 5.95. The topological polar surface area (TPSA) is 107 Å². The number of carbonyl (C=O) groups excluding carboxylic acids is 1. The first kappa shape index (κ1) is 26.2. The Hall–Kier alpha value is -4.99. The molecule has 1 amide bonds. The van der Waals surface area contributed by atoms with Gasteiger partial charge in [0, 0.05) is 43.9 Å². The summed E-state index contributed by atoms with van der Waals surface area (Å²) < 4.78 is 13.9. The molecule has 5 aromatic rings. The van der Waals surface area contributed by atoms with E-state index in [-0.39, 0.29) is 11.8 Å². The van der Waals surface area contributed by atoms with E-state index in [1.54, 1.807) is 13.4 Å².